The molecule has 152 valence electrons. The fourth-order valence-corrected chi connectivity index (χ4v) is 2.19. The Labute approximate surface area is 170 Å². The second-order valence-electron chi connectivity index (χ2n) is 4.87. The van der Waals surface area contributed by atoms with Gasteiger partial charge >= 0.3 is 6.18 Å². The van der Waals surface area contributed by atoms with Gasteiger partial charge in [-0.3, -0.25) is 0 Å². The molecule has 0 aromatic heterocycles. The van der Waals surface area contributed by atoms with E-state index in [1.807, 2.05) is 0 Å². The fourth-order valence-electron chi connectivity index (χ4n) is 1.77. The summed E-state index contributed by atoms with van der Waals surface area (Å²) in [5.74, 6) is 0. The zero-order chi connectivity index (χ0) is 21.5. The van der Waals surface area contributed by atoms with E-state index >= 15 is 0 Å². The predicted molar refractivity (Wildman–Crippen MR) is 96.6 cm³/mol. The number of nitrogens with zero attached hydrogens (tertiary/aromatic N) is 2. The highest BCUT2D eigenvalue weighted by Crippen LogP contribution is 2.27. The molecule has 0 bridgehead atoms. The lowest BCUT2D eigenvalue weighted by atomic mass is 10.1. The molecule has 2 N–H and O–H groups in total. The topological polar surface area (TPSA) is 65.2 Å². The Bertz CT molecular complexity index is 856. The van der Waals surface area contributed by atoms with Crippen molar-refractivity contribution in [3.63, 3.8) is 0 Å². The molecule has 12 heteroatoms. The van der Waals surface area contributed by atoms with Crippen molar-refractivity contribution in [2.45, 2.75) is 12.6 Å². The van der Waals surface area contributed by atoms with Crippen molar-refractivity contribution in [2.24, 2.45) is 10.3 Å². The maximum Gasteiger partial charge on any atom is 0.437 e. The van der Waals surface area contributed by atoms with Gasteiger partial charge in [0, 0.05) is 16.1 Å². The summed E-state index contributed by atoms with van der Waals surface area (Å²) < 4.78 is 61.1. The van der Waals surface area contributed by atoms with Crippen LogP contribution in [0.1, 0.15) is 11.1 Å². The molecule has 0 aliphatic rings. The average Bonchev–Trinajstić information content (AvgIpc) is 2.60. The molecule has 0 spiro atoms. The summed E-state index contributed by atoms with van der Waals surface area (Å²) in [4.78, 5) is 0. The summed E-state index contributed by atoms with van der Waals surface area (Å²) in [6.45, 7) is 0. The van der Waals surface area contributed by atoms with Crippen LogP contribution in [0.15, 0.2) is 52.8 Å². The number of rotatable bonds is 3. The van der Waals surface area contributed by atoms with E-state index in [2.05, 4.69) is 10.3 Å². The van der Waals surface area contributed by atoms with Crippen LogP contribution in [0.4, 0.5) is 22.0 Å². The zero-order valence-corrected chi connectivity index (χ0v) is 15.7. The highest BCUT2D eigenvalue weighted by atomic mass is 35.5. The van der Waals surface area contributed by atoms with Crippen LogP contribution < -0.4 is 0 Å². The first kappa shape index (κ1) is 23.9. The van der Waals surface area contributed by atoms with E-state index in [4.69, 9.17) is 45.2 Å². The van der Waals surface area contributed by atoms with Crippen molar-refractivity contribution >= 4 is 46.2 Å². The fraction of sp³-hybridized carbons (Fsp3) is 0.125. The molecule has 0 heterocycles. The molecular weight excluding hydrogens is 454 g/mol. The molecule has 0 atom stereocenters. The SMILES string of the molecule is ON=C(c1ccc(Cl)c(Cl)c1)C(F)(F)F.ON=C(c1ccc(Cl)cc1)C(F)F. The summed E-state index contributed by atoms with van der Waals surface area (Å²) >= 11 is 16.6. The van der Waals surface area contributed by atoms with Crippen LogP contribution in [0, 0.1) is 0 Å². The number of alkyl halides is 5. The van der Waals surface area contributed by atoms with Gasteiger partial charge in [0.15, 0.2) is 11.4 Å². The van der Waals surface area contributed by atoms with Crippen LogP contribution in [0.5, 0.6) is 0 Å². The van der Waals surface area contributed by atoms with E-state index in [1.165, 1.54) is 30.3 Å². The minimum Gasteiger partial charge on any atom is -0.410 e. The third kappa shape index (κ3) is 6.81. The smallest absolute Gasteiger partial charge is 0.410 e. The van der Waals surface area contributed by atoms with Crippen molar-refractivity contribution in [1.29, 1.82) is 0 Å². The van der Waals surface area contributed by atoms with Gasteiger partial charge < -0.3 is 10.4 Å². The van der Waals surface area contributed by atoms with Gasteiger partial charge in [-0.25, -0.2) is 8.78 Å². The van der Waals surface area contributed by atoms with Crippen LogP contribution in [-0.2, 0) is 0 Å². The third-order valence-corrected chi connectivity index (χ3v) is 4.01. The summed E-state index contributed by atoms with van der Waals surface area (Å²) in [5.41, 5.74) is -2.26. The van der Waals surface area contributed by atoms with Crippen molar-refractivity contribution < 1.29 is 32.4 Å². The molecule has 4 nitrogen and oxygen atoms in total. The normalized spacial score (nSPS) is 12.6. The Morgan fingerprint density at radius 1 is 0.821 bits per heavy atom. The molecule has 0 aliphatic carbocycles. The summed E-state index contributed by atoms with van der Waals surface area (Å²) in [6.07, 6.45) is -7.54. The van der Waals surface area contributed by atoms with Gasteiger partial charge in [0.25, 0.3) is 6.43 Å². The molecule has 2 aromatic carbocycles. The number of benzene rings is 2. The Hall–Kier alpha value is -2.10. The third-order valence-electron chi connectivity index (χ3n) is 3.02. The van der Waals surface area contributed by atoms with Gasteiger partial charge in [0.2, 0.25) is 0 Å². The molecule has 0 unspecified atom stereocenters. The number of hydrogen-bond donors (Lipinski definition) is 2. The molecule has 0 saturated heterocycles. The van der Waals surface area contributed by atoms with Crippen LogP contribution in [0.25, 0.3) is 0 Å². The van der Waals surface area contributed by atoms with Crippen LogP contribution in [0.3, 0.4) is 0 Å². The van der Waals surface area contributed by atoms with E-state index in [0.29, 0.717) is 5.02 Å². The quantitative estimate of drug-likeness (QED) is 0.236. The van der Waals surface area contributed by atoms with E-state index < -0.39 is 24.0 Å². The Kier molecular flexibility index (Phi) is 8.93. The van der Waals surface area contributed by atoms with Gasteiger partial charge in [-0.15, -0.1) is 0 Å². The van der Waals surface area contributed by atoms with Crippen molar-refractivity contribution in [1.82, 2.24) is 0 Å². The number of hydrogen-bond acceptors (Lipinski definition) is 4. The molecule has 2 aromatic rings. The molecule has 0 fully saturated rings. The minimum atomic E-state index is -4.74. The largest absolute Gasteiger partial charge is 0.437 e. The minimum absolute atomic E-state index is 0.0421. The second-order valence-corrected chi connectivity index (χ2v) is 6.12. The van der Waals surface area contributed by atoms with Crippen LogP contribution in [0.2, 0.25) is 15.1 Å². The van der Waals surface area contributed by atoms with E-state index in [-0.39, 0.29) is 21.2 Å². The Balaban J connectivity index is 0.000000283. The first-order chi connectivity index (χ1) is 13.0. The average molecular weight is 464 g/mol. The first-order valence-electron chi connectivity index (χ1n) is 7.02. The van der Waals surface area contributed by atoms with Crippen LogP contribution >= 0.6 is 34.8 Å². The zero-order valence-electron chi connectivity index (χ0n) is 13.4. The maximum atomic E-state index is 12.3. The monoisotopic (exact) mass is 462 g/mol. The molecule has 0 saturated carbocycles. The second kappa shape index (κ2) is 10.4. The Morgan fingerprint density at radius 3 is 1.75 bits per heavy atom. The lowest BCUT2D eigenvalue weighted by molar-refractivity contribution is -0.0601. The summed E-state index contributed by atoms with van der Waals surface area (Å²) in [5, 5.41) is 21.8. The van der Waals surface area contributed by atoms with Crippen molar-refractivity contribution in [3.8, 4) is 0 Å². The standard InChI is InChI=1S/C8H4Cl2F3NO.C8H6ClF2NO/c9-5-2-1-4(3-6(5)10)7(14-15)8(11,12)13;9-6-3-1-5(2-4-6)7(12-13)8(10)11/h1-3,15H;1-4,8,13H. The lowest BCUT2D eigenvalue weighted by Crippen LogP contribution is -2.24. The predicted octanol–water partition coefficient (Wildman–Crippen LogP) is 6.52. The highest BCUT2D eigenvalue weighted by Gasteiger charge is 2.37. The number of oxime groups is 2. The van der Waals surface area contributed by atoms with E-state index in [0.717, 1.165) is 12.1 Å². The first-order valence-corrected chi connectivity index (χ1v) is 8.15. The lowest BCUT2D eigenvalue weighted by Gasteiger charge is -2.08. The summed E-state index contributed by atoms with van der Waals surface area (Å²) in [6, 6.07) is 8.86. The highest BCUT2D eigenvalue weighted by molar-refractivity contribution is 6.42. The molecule has 0 radical (unpaired) electrons. The van der Waals surface area contributed by atoms with E-state index in [9.17, 15) is 22.0 Å². The Morgan fingerprint density at radius 2 is 1.36 bits per heavy atom. The molecule has 2 rings (SSSR count). The van der Waals surface area contributed by atoms with Crippen molar-refractivity contribution in [2.75, 3.05) is 0 Å². The van der Waals surface area contributed by atoms with Gasteiger partial charge in [-0.2, -0.15) is 13.2 Å². The molecule has 28 heavy (non-hydrogen) atoms. The maximum absolute atomic E-state index is 12.3. The van der Waals surface area contributed by atoms with E-state index in [1.54, 1.807) is 0 Å². The van der Waals surface area contributed by atoms with Gasteiger partial charge in [-0.05, 0) is 24.3 Å². The van der Waals surface area contributed by atoms with Gasteiger partial charge in [-0.1, -0.05) is 63.3 Å². The van der Waals surface area contributed by atoms with Crippen LogP contribution in [-0.4, -0.2) is 34.4 Å². The van der Waals surface area contributed by atoms with Gasteiger partial charge in [0.05, 0.1) is 10.0 Å². The summed E-state index contributed by atoms with van der Waals surface area (Å²) in [7, 11) is 0. The van der Waals surface area contributed by atoms with Gasteiger partial charge in [0.1, 0.15) is 0 Å². The molecule has 0 amide bonds. The molecule has 0 aliphatic heterocycles. The van der Waals surface area contributed by atoms with Crippen molar-refractivity contribution in [3.05, 3.63) is 68.7 Å². The number of halogens is 8. The molecular formula is C16H10Cl3F5N2O2.